The lowest BCUT2D eigenvalue weighted by Crippen LogP contribution is -2.14. The predicted molar refractivity (Wildman–Crippen MR) is 103 cm³/mol. The Balaban J connectivity index is 1.50. The maximum atomic E-state index is 12.0. The van der Waals surface area contributed by atoms with Gasteiger partial charge in [0.25, 0.3) is 0 Å². The van der Waals surface area contributed by atoms with E-state index in [-0.39, 0.29) is 5.91 Å². The van der Waals surface area contributed by atoms with Gasteiger partial charge in [0.15, 0.2) is 0 Å². The van der Waals surface area contributed by atoms with Crippen molar-refractivity contribution in [3.05, 3.63) is 53.5 Å². The highest BCUT2D eigenvalue weighted by Gasteiger charge is 2.06. The molecule has 0 bridgehead atoms. The van der Waals surface area contributed by atoms with Crippen molar-refractivity contribution in [3.63, 3.8) is 0 Å². The summed E-state index contributed by atoms with van der Waals surface area (Å²) in [6.07, 6.45) is 2.02. The monoisotopic (exact) mass is 360 g/mol. The quantitative estimate of drug-likeness (QED) is 0.636. The lowest BCUT2D eigenvalue weighted by molar-refractivity contribution is -0.113. The molecule has 0 saturated carbocycles. The Hall–Kier alpha value is -1.50. The van der Waals surface area contributed by atoms with Gasteiger partial charge in [0.05, 0.1) is 16.0 Å². The van der Waals surface area contributed by atoms with E-state index in [4.69, 9.17) is 0 Å². The van der Waals surface area contributed by atoms with E-state index in [1.165, 1.54) is 4.70 Å². The third-order valence-electron chi connectivity index (χ3n) is 3.15. The number of hydrogen-bond donors (Lipinski definition) is 1. The summed E-state index contributed by atoms with van der Waals surface area (Å²) in [6.45, 7) is 0. The lowest BCUT2D eigenvalue weighted by Gasteiger charge is -2.06. The van der Waals surface area contributed by atoms with Crippen LogP contribution in [0.2, 0.25) is 0 Å². The largest absolute Gasteiger partial charge is 0.325 e. The summed E-state index contributed by atoms with van der Waals surface area (Å²) in [7, 11) is 0. The molecule has 1 amide bonds. The molecule has 1 aromatic heterocycles. The zero-order valence-electron chi connectivity index (χ0n) is 12.6. The number of thiazole rings is 1. The number of carbonyl (C=O) groups excluding carboxylic acids is 1. The fourth-order valence-corrected chi connectivity index (χ4v) is 4.42. The SMILES string of the molecule is CSc1cccc(NC(=O)CSCc2nc3ccccc3s2)c1. The predicted octanol–water partition coefficient (Wildman–Crippen LogP) is 4.89. The second kappa shape index (κ2) is 7.86. The smallest absolute Gasteiger partial charge is 0.234 e. The van der Waals surface area contributed by atoms with Crippen molar-refractivity contribution in [3.8, 4) is 0 Å². The second-order valence-corrected chi connectivity index (χ2v) is 7.83. The molecule has 0 saturated heterocycles. The topological polar surface area (TPSA) is 42.0 Å². The van der Waals surface area contributed by atoms with Crippen molar-refractivity contribution in [1.82, 2.24) is 4.98 Å². The van der Waals surface area contributed by atoms with Crippen LogP contribution in [0.25, 0.3) is 10.2 Å². The van der Waals surface area contributed by atoms with Crippen LogP contribution in [-0.2, 0) is 10.5 Å². The Kier molecular flexibility index (Phi) is 5.59. The summed E-state index contributed by atoms with van der Waals surface area (Å²) in [5, 5.41) is 4.00. The molecule has 0 radical (unpaired) electrons. The van der Waals surface area contributed by atoms with Crippen LogP contribution in [0, 0.1) is 0 Å². The normalized spacial score (nSPS) is 10.8. The fraction of sp³-hybridized carbons (Fsp3) is 0.176. The number of carbonyl (C=O) groups is 1. The Morgan fingerprint density at radius 3 is 2.91 bits per heavy atom. The third kappa shape index (κ3) is 4.50. The summed E-state index contributed by atoms with van der Waals surface area (Å²) in [4.78, 5) is 17.7. The summed E-state index contributed by atoms with van der Waals surface area (Å²) >= 11 is 4.94. The Bertz CT molecular complexity index is 783. The highest BCUT2D eigenvalue weighted by Crippen LogP contribution is 2.25. The van der Waals surface area contributed by atoms with E-state index >= 15 is 0 Å². The molecule has 1 heterocycles. The number of nitrogens with one attached hydrogen (secondary N) is 1. The minimum atomic E-state index is 0.0226. The van der Waals surface area contributed by atoms with Gasteiger partial charge in [-0.15, -0.1) is 34.9 Å². The maximum absolute atomic E-state index is 12.0. The number of nitrogens with zero attached hydrogens (tertiary/aromatic N) is 1. The number of aromatic nitrogens is 1. The summed E-state index contributed by atoms with van der Waals surface area (Å²) in [6, 6.07) is 16.0. The van der Waals surface area contributed by atoms with Gasteiger partial charge in [-0.05, 0) is 36.6 Å². The molecule has 3 nitrogen and oxygen atoms in total. The number of rotatable bonds is 6. The molecule has 0 aliphatic rings. The number of thioether (sulfide) groups is 2. The van der Waals surface area contributed by atoms with Gasteiger partial charge in [-0.25, -0.2) is 4.98 Å². The van der Waals surface area contributed by atoms with E-state index in [1.807, 2.05) is 48.7 Å². The van der Waals surface area contributed by atoms with Gasteiger partial charge in [0, 0.05) is 16.3 Å². The van der Waals surface area contributed by atoms with Crippen LogP contribution in [0.4, 0.5) is 5.69 Å². The number of para-hydroxylation sites is 1. The lowest BCUT2D eigenvalue weighted by atomic mass is 10.3. The summed E-state index contributed by atoms with van der Waals surface area (Å²) < 4.78 is 1.20. The molecule has 3 rings (SSSR count). The van der Waals surface area contributed by atoms with Crippen LogP contribution in [-0.4, -0.2) is 22.9 Å². The molecule has 3 aromatic rings. The van der Waals surface area contributed by atoms with E-state index < -0.39 is 0 Å². The van der Waals surface area contributed by atoms with E-state index in [2.05, 4.69) is 16.4 Å². The first-order chi connectivity index (χ1) is 11.2. The highest BCUT2D eigenvalue weighted by atomic mass is 32.2. The van der Waals surface area contributed by atoms with Gasteiger partial charge >= 0.3 is 0 Å². The molecule has 0 aliphatic heterocycles. The first kappa shape index (κ1) is 16.4. The van der Waals surface area contributed by atoms with Crippen molar-refractivity contribution < 1.29 is 4.79 Å². The van der Waals surface area contributed by atoms with Gasteiger partial charge in [-0.3, -0.25) is 4.79 Å². The summed E-state index contributed by atoms with van der Waals surface area (Å²) in [5.74, 6) is 1.21. The van der Waals surface area contributed by atoms with E-state index in [0.717, 1.165) is 26.9 Å². The van der Waals surface area contributed by atoms with Crippen LogP contribution < -0.4 is 5.32 Å². The molecule has 6 heteroatoms. The van der Waals surface area contributed by atoms with Crippen molar-refractivity contribution in [2.75, 3.05) is 17.3 Å². The van der Waals surface area contributed by atoms with Crippen LogP contribution >= 0.6 is 34.9 Å². The molecule has 118 valence electrons. The molecule has 0 spiro atoms. The molecule has 0 unspecified atom stereocenters. The highest BCUT2D eigenvalue weighted by molar-refractivity contribution is 7.99. The number of amides is 1. The summed E-state index contributed by atoms with van der Waals surface area (Å²) in [5.41, 5.74) is 1.88. The van der Waals surface area contributed by atoms with Gasteiger partial charge < -0.3 is 5.32 Å². The zero-order valence-corrected chi connectivity index (χ0v) is 15.1. The van der Waals surface area contributed by atoms with Crippen molar-refractivity contribution in [2.45, 2.75) is 10.6 Å². The molecular weight excluding hydrogens is 344 g/mol. The van der Waals surface area contributed by atoms with Crippen LogP contribution in [0.5, 0.6) is 0 Å². The van der Waals surface area contributed by atoms with E-state index in [1.54, 1.807) is 34.9 Å². The van der Waals surface area contributed by atoms with Crippen molar-refractivity contribution in [1.29, 1.82) is 0 Å². The minimum absolute atomic E-state index is 0.0226. The van der Waals surface area contributed by atoms with Crippen LogP contribution in [0.15, 0.2) is 53.4 Å². The molecule has 0 atom stereocenters. The standard InChI is InChI=1S/C17H16N2OS3/c1-21-13-6-4-5-12(9-13)18-16(20)10-22-11-17-19-14-7-2-3-8-15(14)23-17/h2-9H,10-11H2,1H3,(H,18,20). The van der Waals surface area contributed by atoms with E-state index in [9.17, 15) is 4.79 Å². The van der Waals surface area contributed by atoms with Crippen molar-refractivity contribution >= 4 is 56.7 Å². The second-order valence-electron chi connectivity index (χ2n) is 4.85. The van der Waals surface area contributed by atoms with Gasteiger partial charge in [-0.1, -0.05) is 18.2 Å². The minimum Gasteiger partial charge on any atom is -0.325 e. The van der Waals surface area contributed by atoms with Crippen LogP contribution in [0.1, 0.15) is 5.01 Å². The first-order valence-electron chi connectivity index (χ1n) is 7.11. The van der Waals surface area contributed by atoms with Crippen LogP contribution in [0.3, 0.4) is 0 Å². The zero-order chi connectivity index (χ0) is 16.1. The molecule has 0 aliphatic carbocycles. The van der Waals surface area contributed by atoms with E-state index in [0.29, 0.717) is 5.75 Å². The number of benzene rings is 2. The number of fused-ring (bicyclic) bond motifs is 1. The van der Waals surface area contributed by atoms with Gasteiger partial charge in [0.1, 0.15) is 5.01 Å². The Labute approximate surface area is 147 Å². The molecule has 2 aromatic carbocycles. The molecular formula is C17H16N2OS3. The first-order valence-corrected chi connectivity index (χ1v) is 10.3. The number of hydrogen-bond acceptors (Lipinski definition) is 5. The Morgan fingerprint density at radius 1 is 1.22 bits per heavy atom. The molecule has 23 heavy (non-hydrogen) atoms. The molecule has 1 N–H and O–H groups in total. The van der Waals surface area contributed by atoms with Gasteiger partial charge in [-0.2, -0.15) is 0 Å². The molecule has 0 fully saturated rings. The maximum Gasteiger partial charge on any atom is 0.234 e. The Morgan fingerprint density at radius 2 is 2.09 bits per heavy atom. The average Bonchev–Trinajstić information content (AvgIpc) is 2.97. The number of anilines is 1. The third-order valence-corrected chi connectivity index (χ3v) is 6.04. The fourth-order valence-electron chi connectivity index (χ4n) is 2.11. The average molecular weight is 361 g/mol. The van der Waals surface area contributed by atoms with Crippen molar-refractivity contribution in [2.24, 2.45) is 0 Å². The van der Waals surface area contributed by atoms with Gasteiger partial charge in [0.2, 0.25) is 5.91 Å².